The molecule has 87 heavy (non-hydrogen) atoms. The number of ether oxygens (including phenoxy) is 4. The second-order valence-electron chi connectivity index (χ2n) is 24.8. The number of carbonyl (C=O) groups excluding carboxylic acids is 4. The summed E-state index contributed by atoms with van der Waals surface area (Å²) in [5.74, 6) is -1.41. The van der Waals surface area contributed by atoms with Crippen LogP contribution in [0.2, 0.25) is 0 Å². The highest BCUT2D eigenvalue weighted by molar-refractivity contribution is 7.47. The van der Waals surface area contributed by atoms with E-state index in [1.807, 2.05) is 0 Å². The van der Waals surface area contributed by atoms with Crippen LogP contribution in [0, 0.1) is 5.92 Å². The molecule has 0 fully saturated rings. The first-order chi connectivity index (χ1) is 42.1. The number of phosphoric ester groups is 2. The fourth-order valence-corrected chi connectivity index (χ4v) is 11.8. The first-order valence-electron chi connectivity index (χ1n) is 35.7. The Labute approximate surface area is 530 Å². The molecule has 0 bridgehead atoms. The van der Waals surface area contributed by atoms with E-state index in [2.05, 4.69) is 34.6 Å². The topological polar surface area (TPSA) is 237 Å². The molecule has 0 radical (unpaired) electrons. The first-order valence-corrected chi connectivity index (χ1v) is 38.7. The zero-order valence-corrected chi connectivity index (χ0v) is 57.9. The molecule has 3 unspecified atom stereocenters. The molecule has 0 aliphatic rings. The third-order valence-corrected chi connectivity index (χ3v) is 18.0. The van der Waals surface area contributed by atoms with E-state index in [1.54, 1.807) is 0 Å². The summed E-state index contributed by atoms with van der Waals surface area (Å²) in [4.78, 5) is 72.3. The molecule has 6 atom stereocenters. The molecule has 19 heteroatoms. The minimum absolute atomic E-state index is 0.103. The molecule has 0 aliphatic heterocycles. The fourth-order valence-electron chi connectivity index (χ4n) is 10.3. The molecular formula is C68H132O17P2. The number of esters is 4. The van der Waals surface area contributed by atoms with Crippen molar-refractivity contribution in [3.63, 3.8) is 0 Å². The van der Waals surface area contributed by atoms with E-state index in [0.717, 1.165) is 102 Å². The van der Waals surface area contributed by atoms with Gasteiger partial charge in [0.15, 0.2) is 12.2 Å². The lowest BCUT2D eigenvalue weighted by Gasteiger charge is -2.21. The zero-order chi connectivity index (χ0) is 64.2. The van der Waals surface area contributed by atoms with Crippen LogP contribution in [0.1, 0.15) is 349 Å². The van der Waals surface area contributed by atoms with Gasteiger partial charge in [0.05, 0.1) is 26.4 Å². The van der Waals surface area contributed by atoms with Gasteiger partial charge in [0, 0.05) is 25.7 Å². The van der Waals surface area contributed by atoms with Gasteiger partial charge in [0.25, 0.3) is 0 Å². The molecule has 0 aliphatic carbocycles. The van der Waals surface area contributed by atoms with Crippen molar-refractivity contribution in [1.82, 2.24) is 0 Å². The Kier molecular flexibility index (Phi) is 60.2. The van der Waals surface area contributed by atoms with E-state index in [0.29, 0.717) is 25.7 Å². The third-order valence-electron chi connectivity index (χ3n) is 16.1. The Hall–Kier alpha value is -1.94. The number of aliphatic hydroxyl groups is 1. The van der Waals surface area contributed by atoms with Crippen molar-refractivity contribution in [2.24, 2.45) is 5.92 Å². The number of unbranched alkanes of at least 4 members (excludes halogenated alkanes) is 39. The lowest BCUT2D eigenvalue weighted by Crippen LogP contribution is -2.30. The second-order valence-corrected chi connectivity index (χ2v) is 27.7. The van der Waals surface area contributed by atoms with E-state index in [4.69, 9.17) is 37.0 Å². The lowest BCUT2D eigenvalue weighted by atomic mass is 10.00. The molecule has 0 aromatic carbocycles. The van der Waals surface area contributed by atoms with Gasteiger partial charge in [0.1, 0.15) is 19.3 Å². The molecule has 3 N–H and O–H groups in total. The molecule has 0 spiro atoms. The van der Waals surface area contributed by atoms with Gasteiger partial charge in [0.2, 0.25) is 0 Å². The van der Waals surface area contributed by atoms with Crippen molar-refractivity contribution in [2.45, 2.75) is 368 Å². The van der Waals surface area contributed by atoms with Crippen molar-refractivity contribution in [2.75, 3.05) is 39.6 Å². The van der Waals surface area contributed by atoms with Gasteiger partial charge in [-0.25, -0.2) is 9.13 Å². The summed E-state index contributed by atoms with van der Waals surface area (Å²) in [7, 11) is -9.89. The first kappa shape index (κ1) is 85.1. The van der Waals surface area contributed by atoms with E-state index in [-0.39, 0.29) is 25.7 Å². The highest BCUT2D eigenvalue weighted by Gasteiger charge is 2.30. The molecule has 0 saturated heterocycles. The molecule has 0 heterocycles. The zero-order valence-electron chi connectivity index (χ0n) is 56.2. The summed E-state index contributed by atoms with van der Waals surface area (Å²) < 4.78 is 68.1. The van der Waals surface area contributed by atoms with Crippen molar-refractivity contribution >= 4 is 39.5 Å². The molecule has 0 aromatic heterocycles. The summed E-state index contributed by atoms with van der Waals surface area (Å²) in [5.41, 5.74) is 0. The standard InChI is InChI=1S/C68H132O17P2/c1-6-10-13-16-19-22-24-26-27-28-30-32-34-37-43-48-53-67(72)84-63(57-79-66(71)52-47-42-36-33-31-29-25-23-20-17-14-11-7-2)59-82-86(74,75)80-55-62(69)56-81-87(76,77)83-60-64(58-78-65(70)51-46-41-35-21-18-15-12-8-3)85-68(73)54-49-44-39-38-40-45-50-61(5)9-4/h61-64,69H,6-60H2,1-5H3,(H,74,75)(H,76,77)/t61?,62-,63-,64-/m1/s1. The Morgan fingerprint density at radius 2 is 0.552 bits per heavy atom. The predicted octanol–water partition coefficient (Wildman–Crippen LogP) is 19.4. The Morgan fingerprint density at radius 1 is 0.322 bits per heavy atom. The number of hydrogen-bond acceptors (Lipinski definition) is 15. The van der Waals surface area contributed by atoms with E-state index in [1.165, 1.54) is 167 Å². The van der Waals surface area contributed by atoms with Crippen LogP contribution in [0.15, 0.2) is 0 Å². The van der Waals surface area contributed by atoms with Crippen molar-refractivity contribution < 1.29 is 80.2 Å². The Bertz CT molecular complexity index is 1690. The van der Waals surface area contributed by atoms with Crippen LogP contribution >= 0.6 is 15.6 Å². The van der Waals surface area contributed by atoms with Crippen molar-refractivity contribution in [1.29, 1.82) is 0 Å². The fraction of sp³-hybridized carbons (Fsp3) is 0.941. The van der Waals surface area contributed by atoms with Gasteiger partial charge in [-0.15, -0.1) is 0 Å². The van der Waals surface area contributed by atoms with E-state index >= 15 is 0 Å². The van der Waals surface area contributed by atoms with E-state index < -0.39 is 97.5 Å². The van der Waals surface area contributed by atoms with Crippen LogP contribution in [-0.4, -0.2) is 96.7 Å². The van der Waals surface area contributed by atoms with Crippen LogP contribution in [0.3, 0.4) is 0 Å². The highest BCUT2D eigenvalue weighted by atomic mass is 31.2. The SMILES string of the molecule is CCCCCCCCCCCCCCCCCCC(=O)O[C@H](COC(=O)CCCCCCCCCCCCCCC)COP(=O)(O)OC[C@@H](O)COP(=O)(O)OC[C@@H](COC(=O)CCCCCCCCCC)OC(=O)CCCCCCCCC(C)CC. The monoisotopic (exact) mass is 1280 g/mol. The predicted molar refractivity (Wildman–Crippen MR) is 349 cm³/mol. The van der Waals surface area contributed by atoms with E-state index in [9.17, 15) is 43.2 Å². The average molecular weight is 1280 g/mol. The smallest absolute Gasteiger partial charge is 0.462 e. The van der Waals surface area contributed by atoms with Gasteiger partial charge in [-0.1, -0.05) is 298 Å². The molecule has 0 amide bonds. The maximum absolute atomic E-state index is 13.0. The average Bonchev–Trinajstić information content (AvgIpc) is 3.50. The van der Waals surface area contributed by atoms with Crippen molar-refractivity contribution in [3.8, 4) is 0 Å². The van der Waals surface area contributed by atoms with Crippen LogP contribution < -0.4 is 0 Å². The normalized spacial score (nSPS) is 14.4. The van der Waals surface area contributed by atoms with Crippen LogP contribution in [-0.2, 0) is 65.4 Å². The number of aliphatic hydroxyl groups excluding tert-OH is 1. The molecule has 17 nitrogen and oxygen atoms in total. The summed E-state index contributed by atoms with van der Waals surface area (Å²) in [5, 5.41) is 10.6. The number of hydrogen-bond donors (Lipinski definition) is 3. The number of phosphoric acid groups is 2. The molecule has 0 saturated carbocycles. The second kappa shape index (κ2) is 61.6. The van der Waals surface area contributed by atoms with Gasteiger partial charge < -0.3 is 33.8 Å². The van der Waals surface area contributed by atoms with Crippen LogP contribution in [0.5, 0.6) is 0 Å². The van der Waals surface area contributed by atoms with Crippen molar-refractivity contribution in [3.05, 3.63) is 0 Å². The molecule has 516 valence electrons. The summed E-state index contributed by atoms with van der Waals surface area (Å²) in [6.45, 7) is 7.16. The van der Waals surface area contributed by atoms with Gasteiger partial charge in [-0.05, 0) is 31.6 Å². The maximum atomic E-state index is 13.0. The van der Waals surface area contributed by atoms with Gasteiger partial charge in [-0.3, -0.25) is 37.3 Å². The number of carbonyl (C=O) groups is 4. The third kappa shape index (κ3) is 61.3. The quantitative estimate of drug-likeness (QED) is 0.0222. The summed E-state index contributed by atoms with van der Waals surface area (Å²) in [6.07, 6.45) is 47.2. The number of rotatable bonds is 68. The Morgan fingerprint density at radius 3 is 0.816 bits per heavy atom. The summed E-state index contributed by atoms with van der Waals surface area (Å²) >= 11 is 0. The maximum Gasteiger partial charge on any atom is 0.472 e. The molecule has 0 aromatic rings. The van der Waals surface area contributed by atoms with Gasteiger partial charge >= 0.3 is 39.5 Å². The van der Waals surface area contributed by atoms with Gasteiger partial charge in [-0.2, -0.15) is 0 Å². The lowest BCUT2D eigenvalue weighted by molar-refractivity contribution is -0.161. The molecular weight excluding hydrogens is 1150 g/mol. The largest absolute Gasteiger partial charge is 0.472 e. The minimum Gasteiger partial charge on any atom is -0.462 e. The Balaban J connectivity index is 5.22. The molecule has 0 rings (SSSR count). The highest BCUT2D eigenvalue weighted by Crippen LogP contribution is 2.45. The summed E-state index contributed by atoms with van der Waals surface area (Å²) in [6, 6.07) is 0. The van der Waals surface area contributed by atoms with Crippen LogP contribution in [0.25, 0.3) is 0 Å². The van der Waals surface area contributed by atoms with Crippen LogP contribution in [0.4, 0.5) is 0 Å². The minimum atomic E-state index is -4.95.